The summed E-state index contributed by atoms with van der Waals surface area (Å²) in [6, 6.07) is 80.0. The van der Waals surface area contributed by atoms with Crippen LogP contribution in [0.1, 0.15) is 0 Å². The molecule has 3 heteroatoms. The highest BCUT2D eigenvalue weighted by atomic mass is 32.2. The zero-order chi connectivity index (χ0) is 38.9. The molecule has 2 nitrogen and oxygen atoms in total. The molecule has 0 fully saturated rings. The lowest BCUT2D eigenvalue weighted by Gasteiger charge is -2.34. The molecular formula is C56H36N2S. The van der Waals surface area contributed by atoms with Gasteiger partial charge in [0.25, 0.3) is 0 Å². The summed E-state index contributed by atoms with van der Waals surface area (Å²) < 4.78 is 2.46. The number of fused-ring (bicyclic) bond motifs is 7. The van der Waals surface area contributed by atoms with E-state index in [1.807, 2.05) is 11.8 Å². The number of rotatable bonds is 5. The van der Waals surface area contributed by atoms with Crippen LogP contribution in [-0.2, 0) is 0 Å². The molecule has 0 atom stereocenters. The van der Waals surface area contributed by atoms with Gasteiger partial charge in [0, 0.05) is 31.6 Å². The van der Waals surface area contributed by atoms with Crippen molar-refractivity contribution in [1.82, 2.24) is 4.57 Å². The van der Waals surface area contributed by atoms with Crippen LogP contribution < -0.4 is 4.90 Å². The minimum Gasteiger partial charge on any atom is -0.309 e. The second-order valence-corrected chi connectivity index (χ2v) is 16.4. The average Bonchev–Trinajstić information content (AvgIpc) is 3.63. The van der Waals surface area contributed by atoms with Crippen LogP contribution in [0.3, 0.4) is 0 Å². The van der Waals surface area contributed by atoms with Gasteiger partial charge in [-0.3, -0.25) is 0 Å². The quantitative estimate of drug-likeness (QED) is 0.172. The summed E-state index contributed by atoms with van der Waals surface area (Å²) in [7, 11) is 0. The molecule has 0 radical (unpaired) electrons. The number of hydrogen-bond acceptors (Lipinski definition) is 2. The van der Waals surface area contributed by atoms with E-state index in [2.05, 4.69) is 228 Å². The lowest BCUT2D eigenvalue weighted by molar-refractivity contribution is 1.17. The SMILES string of the molecule is c1ccc(-c2cccc(N3c4cc(-c5ccc6c(c5)c5ccccc5n6-c5ccc(-c6ccccc6)c6ccccc56)ccc4Sc4cc5ccccc5cc43)c2)cc1. The van der Waals surface area contributed by atoms with Gasteiger partial charge in [0.1, 0.15) is 0 Å². The van der Waals surface area contributed by atoms with Crippen LogP contribution in [0, 0.1) is 0 Å². The third-order valence-electron chi connectivity index (χ3n) is 11.9. The Balaban J connectivity index is 1.02. The second kappa shape index (κ2) is 13.7. The highest BCUT2D eigenvalue weighted by Crippen LogP contribution is 2.54. The Hall–Kier alpha value is -7.33. The molecule has 59 heavy (non-hydrogen) atoms. The third-order valence-corrected chi connectivity index (χ3v) is 13.0. The fourth-order valence-electron chi connectivity index (χ4n) is 9.16. The topological polar surface area (TPSA) is 8.17 Å². The molecule has 11 aromatic rings. The average molecular weight is 769 g/mol. The van der Waals surface area contributed by atoms with Crippen LogP contribution in [0.4, 0.5) is 17.1 Å². The van der Waals surface area contributed by atoms with Crippen molar-refractivity contribution in [3.8, 4) is 39.1 Å². The molecule has 0 N–H and O–H groups in total. The number of aromatic nitrogens is 1. The summed E-state index contributed by atoms with van der Waals surface area (Å²) >= 11 is 1.86. The molecule has 1 aromatic heterocycles. The Kier molecular flexibility index (Phi) is 7.82. The van der Waals surface area contributed by atoms with Crippen molar-refractivity contribution in [2.45, 2.75) is 9.79 Å². The first-order valence-electron chi connectivity index (χ1n) is 20.2. The van der Waals surface area contributed by atoms with E-state index in [0.717, 1.165) is 5.69 Å². The van der Waals surface area contributed by atoms with E-state index >= 15 is 0 Å². The highest BCUT2D eigenvalue weighted by Gasteiger charge is 2.27. The first-order chi connectivity index (χ1) is 29.2. The van der Waals surface area contributed by atoms with Crippen LogP contribution >= 0.6 is 11.8 Å². The summed E-state index contributed by atoms with van der Waals surface area (Å²) in [5.41, 5.74) is 14.4. The molecule has 10 aromatic carbocycles. The molecule has 276 valence electrons. The molecule has 0 aliphatic carbocycles. The fourth-order valence-corrected chi connectivity index (χ4v) is 10.2. The van der Waals surface area contributed by atoms with Crippen LogP contribution in [0.15, 0.2) is 228 Å². The van der Waals surface area contributed by atoms with E-state index in [4.69, 9.17) is 0 Å². The number of benzene rings is 10. The van der Waals surface area contributed by atoms with E-state index in [-0.39, 0.29) is 0 Å². The molecule has 0 bridgehead atoms. The molecule has 0 saturated heterocycles. The smallest absolute Gasteiger partial charge is 0.0608 e. The molecule has 2 heterocycles. The second-order valence-electron chi connectivity index (χ2n) is 15.3. The Bertz CT molecular complexity index is 3420. The van der Waals surface area contributed by atoms with Crippen molar-refractivity contribution < 1.29 is 0 Å². The molecule has 1 aliphatic rings. The summed E-state index contributed by atoms with van der Waals surface area (Å²) in [6.45, 7) is 0. The van der Waals surface area contributed by atoms with E-state index in [1.165, 1.54) is 104 Å². The standard InChI is InChI=1S/C56H36N2S/c1-3-14-37(15-4-1)39-20-13-21-44(32-39)57-53-35-43(27-31-55(53)59-56-36-41-19-8-7-18-40(41)34-54(56)57)42-26-29-52-49(33-42)48-24-11-12-25-50(48)58(52)51-30-28-45(38-16-5-2-6-17-38)46-22-9-10-23-47(46)51/h1-36H. The Morgan fingerprint density at radius 1 is 0.305 bits per heavy atom. The van der Waals surface area contributed by atoms with Gasteiger partial charge in [-0.05, 0) is 110 Å². The molecule has 1 aliphatic heterocycles. The lowest BCUT2D eigenvalue weighted by Crippen LogP contribution is -2.15. The maximum atomic E-state index is 2.47. The highest BCUT2D eigenvalue weighted by molar-refractivity contribution is 7.99. The van der Waals surface area contributed by atoms with Gasteiger partial charge in [-0.1, -0.05) is 169 Å². The Morgan fingerprint density at radius 3 is 1.75 bits per heavy atom. The zero-order valence-corrected chi connectivity index (χ0v) is 32.9. The largest absolute Gasteiger partial charge is 0.309 e. The molecule has 0 amide bonds. The first-order valence-corrected chi connectivity index (χ1v) is 21.0. The number of anilines is 3. The van der Waals surface area contributed by atoms with Gasteiger partial charge in [0.05, 0.1) is 28.1 Å². The van der Waals surface area contributed by atoms with Gasteiger partial charge in [-0.15, -0.1) is 0 Å². The van der Waals surface area contributed by atoms with Crippen molar-refractivity contribution in [2.24, 2.45) is 0 Å². The van der Waals surface area contributed by atoms with Crippen LogP contribution in [0.5, 0.6) is 0 Å². The van der Waals surface area contributed by atoms with Crippen molar-refractivity contribution >= 4 is 72.2 Å². The third kappa shape index (κ3) is 5.58. The van der Waals surface area contributed by atoms with E-state index < -0.39 is 0 Å². The minimum absolute atomic E-state index is 1.14. The van der Waals surface area contributed by atoms with Crippen molar-refractivity contribution in [2.75, 3.05) is 4.90 Å². The predicted octanol–water partition coefficient (Wildman–Crippen LogP) is 16.0. The summed E-state index contributed by atoms with van der Waals surface area (Å²) in [6.07, 6.45) is 0. The van der Waals surface area contributed by atoms with Gasteiger partial charge in [0.2, 0.25) is 0 Å². The maximum absolute atomic E-state index is 2.47. The predicted molar refractivity (Wildman–Crippen MR) is 251 cm³/mol. The lowest BCUT2D eigenvalue weighted by atomic mass is 9.97. The van der Waals surface area contributed by atoms with Crippen molar-refractivity contribution in [1.29, 1.82) is 0 Å². The molecule has 0 saturated carbocycles. The summed E-state index contributed by atoms with van der Waals surface area (Å²) in [5, 5.41) is 7.46. The minimum atomic E-state index is 1.14. The van der Waals surface area contributed by atoms with E-state index in [1.54, 1.807) is 0 Å². The summed E-state index contributed by atoms with van der Waals surface area (Å²) in [4.78, 5) is 4.97. The maximum Gasteiger partial charge on any atom is 0.0608 e. The van der Waals surface area contributed by atoms with Crippen LogP contribution in [0.2, 0.25) is 0 Å². The van der Waals surface area contributed by atoms with Gasteiger partial charge in [-0.2, -0.15) is 0 Å². The first kappa shape index (κ1) is 33.8. The molecular weight excluding hydrogens is 733 g/mol. The normalized spacial score (nSPS) is 12.3. The van der Waals surface area contributed by atoms with Gasteiger partial charge >= 0.3 is 0 Å². The van der Waals surface area contributed by atoms with Crippen LogP contribution in [-0.4, -0.2) is 4.57 Å². The number of nitrogens with zero attached hydrogens (tertiary/aromatic N) is 2. The monoisotopic (exact) mass is 768 g/mol. The fraction of sp³-hybridized carbons (Fsp3) is 0. The van der Waals surface area contributed by atoms with Crippen molar-refractivity contribution in [3.05, 3.63) is 218 Å². The van der Waals surface area contributed by atoms with Gasteiger partial charge in [0.15, 0.2) is 0 Å². The van der Waals surface area contributed by atoms with E-state index in [0.29, 0.717) is 0 Å². The van der Waals surface area contributed by atoms with Gasteiger partial charge < -0.3 is 9.47 Å². The number of hydrogen-bond donors (Lipinski definition) is 0. The number of para-hydroxylation sites is 1. The van der Waals surface area contributed by atoms with Crippen molar-refractivity contribution in [3.63, 3.8) is 0 Å². The zero-order valence-electron chi connectivity index (χ0n) is 32.1. The molecule has 0 spiro atoms. The van der Waals surface area contributed by atoms with E-state index in [9.17, 15) is 0 Å². The Morgan fingerprint density at radius 2 is 0.915 bits per heavy atom. The Labute approximate surface area is 347 Å². The molecule has 0 unspecified atom stereocenters. The molecule has 12 rings (SSSR count). The van der Waals surface area contributed by atoms with Crippen LogP contribution in [0.25, 0.3) is 82.4 Å². The van der Waals surface area contributed by atoms with Gasteiger partial charge in [-0.25, -0.2) is 0 Å². The summed E-state index contributed by atoms with van der Waals surface area (Å²) in [5.74, 6) is 0.